The van der Waals surface area contributed by atoms with Crippen LogP contribution in [-0.4, -0.2) is 37.4 Å². The molecule has 0 radical (unpaired) electrons. The van der Waals surface area contributed by atoms with Crippen LogP contribution in [0.4, 0.5) is 0 Å². The van der Waals surface area contributed by atoms with Gasteiger partial charge < -0.3 is 15.5 Å². The number of nitrogens with zero attached hydrogens (tertiary/aromatic N) is 2. The highest BCUT2D eigenvalue weighted by Crippen LogP contribution is 2.22. The van der Waals surface area contributed by atoms with Gasteiger partial charge in [0.2, 0.25) is 5.88 Å². The third kappa shape index (κ3) is 3.92. The molecule has 7 nitrogen and oxygen atoms in total. The predicted octanol–water partition coefficient (Wildman–Crippen LogP) is 2.18. The first-order valence-electron chi connectivity index (χ1n) is 7.50. The molecule has 128 valence electrons. The van der Waals surface area contributed by atoms with Crippen LogP contribution in [0.25, 0.3) is 5.69 Å². The van der Waals surface area contributed by atoms with Gasteiger partial charge in [0.25, 0.3) is 5.91 Å². The lowest BCUT2D eigenvalue weighted by Gasteiger charge is -2.23. The molecule has 0 aliphatic heterocycles. The Kier molecular flexibility index (Phi) is 4.64. The molecule has 0 unspecified atom stereocenters. The summed E-state index contributed by atoms with van der Waals surface area (Å²) in [5.74, 6) is -1.71. The van der Waals surface area contributed by atoms with Crippen LogP contribution in [0.2, 0.25) is 0 Å². The number of carbonyl (C=O) groups is 2. The first kappa shape index (κ1) is 17.5. The van der Waals surface area contributed by atoms with Gasteiger partial charge in [0, 0.05) is 11.6 Å². The van der Waals surface area contributed by atoms with Crippen LogP contribution in [-0.2, 0) is 4.79 Å². The third-order valence-corrected chi connectivity index (χ3v) is 3.56. The van der Waals surface area contributed by atoms with Crippen molar-refractivity contribution < 1.29 is 19.8 Å². The van der Waals surface area contributed by atoms with Crippen molar-refractivity contribution in [2.75, 3.05) is 0 Å². The summed E-state index contributed by atoms with van der Waals surface area (Å²) in [5, 5.41) is 25.8. The van der Waals surface area contributed by atoms with E-state index in [4.69, 9.17) is 5.11 Å². The Hall–Kier alpha value is -2.83. The largest absolute Gasteiger partial charge is 0.493 e. The normalized spacial score (nSPS) is 11.3. The Bertz CT molecular complexity index is 793. The molecule has 1 amide bonds. The van der Waals surface area contributed by atoms with Gasteiger partial charge in [0.15, 0.2) is 5.69 Å². The number of nitrogens with one attached hydrogen (secondary N) is 1. The minimum absolute atomic E-state index is 0.0202. The van der Waals surface area contributed by atoms with E-state index < -0.39 is 17.4 Å². The summed E-state index contributed by atoms with van der Waals surface area (Å²) in [6.07, 6.45) is -0.220. The average Bonchev–Trinajstić information content (AvgIpc) is 2.81. The van der Waals surface area contributed by atoms with Crippen molar-refractivity contribution in [2.24, 2.45) is 0 Å². The maximum absolute atomic E-state index is 12.3. The highest BCUT2D eigenvalue weighted by Gasteiger charge is 2.26. The Morgan fingerprint density at radius 2 is 1.92 bits per heavy atom. The molecule has 2 aromatic rings. The number of carboxylic acid groups (broad SMARTS) is 1. The van der Waals surface area contributed by atoms with Crippen LogP contribution in [0.15, 0.2) is 24.3 Å². The second kappa shape index (κ2) is 6.35. The predicted molar refractivity (Wildman–Crippen MR) is 88.5 cm³/mol. The first-order valence-corrected chi connectivity index (χ1v) is 7.50. The smallest absolute Gasteiger partial charge is 0.305 e. The van der Waals surface area contributed by atoms with Gasteiger partial charge in [-0.05, 0) is 44.9 Å². The first-order chi connectivity index (χ1) is 11.1. The van der Waals surface area contributed by atoms with Gasteiger partial charge in [-0.2, -0.15) is 5.10 Å². The van der Waals surface area contributed by atoms with Gasteiger partial charge in [0.05, 0.1) is 12.1 Å². The van der Waals surface area contributed by atoms with Crippen LogP contribution in [0.1, 0.15) is 41.9 Å². The van der Waals surface area contributed by atoms with E-state index in [0.29, 0.717) is 5.69 Å². The summed E-state index contributed by atoms with van der Waals surface area (Å²) < 4.78 is 1.29. The maximum atomic E-state index is 12.3. The number of amides is 1. The Labute approximate surface area is 139 Å². The number of rotatable bonds is 5. The molecular formula is C17H21N3O4. The van der Waals surface area contributed by atoms with Crippen molar-refractivity contribution in [2.45, 2.75) is 39.7 Å². The monoisotopic (exact) mass is 331 g/mol. The quantitative estimate of drug-likeness (QED) is 0.779. The Balaban J connectivity index is 2.30. The van der Waals surface area contributed by atoms with Gasteiger partial charge in [-0.15, -0.1) is 0 Å². The number of carbonyl (C=O) groups excluding carboxylic acids is 1. The minimum atomic E-state index is -1.01. The Morgan fingerprint density at radius 1 is 1.25 bits per heavy atom. The second-order valence-corrected chi connectivity index (χ2v) is 6.50. The number of hydrogen-bond acceptors (Lipinski definition) is 4. The topological polar surface area (TPSA) is 104 Å². The number of aliphatic carboxylic acids is 1. The van der Waals surface area contributed by atoms with E-state index in [0.717, 1.165) is 11.1 Å². The molecule has 0 spiro atoms. The zero-order valence-electron chi connectivity index (χ0n) is 14.1. The van der Waals surface area contributed by atoms with E-state index in [9.17, 15) is 14.7 Å². The molecule has 1 aromatic carbocycles. The van der Waals surface area contributed by atoms with E-state index in [1.807, 2.05) is 32.0 Å². The molecule has 1 aromatic heterocycles. The molecule has 0 saturated carbocycles. The van der Waals surface area contributed by atoms with E-state index in [1.54, 1.807) is 13.8 Å². The van der Waals surface area contributed by atoms with Crippen LogP contribution < -0.4 is 5.32 Å². The molecule has 3 N–H and O–H groups in total. The van der Waals surface area contributed by atoms with Gasteiger partial charge in [-0.25, -0.2) is 4.68 Å². The second-order valence-electron chi connectivity index (χ2n) is 6.50. The Morgan fingerprint density at radius 3 is 2.54 bits per heavy atom. The number of aromatic hydroxyl groups is 1. The summed E-state index contributed by atoms with van der Waals surface area (Å²) in [4.78, 5) is 23.1. The molecule has 2 rings (SSSR count). The van der Waals surface area contributed by atoms with Crippen molar-refractivity contribution in [3.63, 3.8) is 0 Å². The van der Waals surface area contributed by atoms with Crippen LogP contribution in [0.3, 0.4) is 0 Å². The summed E-state index contributed by atoms with van der Waals surface area (Å²) in [5.41, 5.74) is 1.67. The van der Waals surface area contributed by atoms with E-state index in [2.05, 4.69) is 10.4 Å². The zero-order chi connectivity index (χ0) is 18.1. The lowest BCUT2D eigenvalue weighted by atomic mass is 10.0. The van der Waals surface area contributed by atoms with Crippen molar-refractivity contribution in [3.8, 4) is 11.6 Å². The molecule has 7 heteroatoms. The van der Waals surface area contributed by atoms with Crippen molar-refractivity contribution in [3.05, 3.63) is 41.1 Å². The lowest BCUT2D eigenvalue weighted by Crippen LogP contribution is -2.45. The number of aryl methyl sites for hydroxylation is 2. The fourth-order valence-electron chi connectivity index (χ4n) is 2.40. The fourth-order valence-corrected chi connectivity index (χ4v) is 2.40. The number of aromatic nitrogens is 2. The standard InChI is InChI=1S/C17H21N3O4/c1-10-5-6-11(2)13(7-10)20-14(21)8-12(19-20)16(24)18-17(3,4)9-15(22)23/h5-8,21H,9H2,1-4H3,(H,18,24)(H,22,23). The molecule has 0 bridgehead atoms. The van der Waals surface area contributed by atoms with E-state index in [-0.39, 0.29) is 18.0 Å². The molecular weight excluding hydrogens is 310 g/mol. The molecule has 1 heterocycles. The van der Waals surface area contributed by atoms with Crippen LogP contribution in [0, 0.1) is 13.8 Å². The molecule has 0 saturated heterocycles. The van der Waals surface area contributed by atoms with Gasteiger partial charge >= 0.3 is 5.97 Å². The lowest BCUT2D eigenvalue weighted by molar-refractivity contribution is -0.138. The van der Waals surface area contributed by atoms with E-state index in [1.165, 1.54) is 10.7 Å². The molecule has 0 aliphatic carbocycles. The number of hydrogen-bond donors (Lipinski definition) is 3. The molecule has 0 fully saturated rings. The SMILES string of the molecule is Cc1ccc(C)c(-n2nc(C(=O)NC(C)(C)CC(=O)O)cc2O)c1. The highest BCUT2D eigenvalue weighted by atomic mass is 16.4. The summed E-state index contributed by atoms with van der Waals surface area (Å²) in [6.45, 7) is 7.03. The van der Waals surface area contributed by atoms with Gasteiger partial charge in [-0.3, -0.25) is 9.59 Å². The molecule has 24 heavy (non-hydrogen) atoms. The third-order valence-electron chi connectivity index (χ3n) is 3.56. The molecule has 0 aliphatic rings. The highest BCUT2D eigenvalue weighted by molar-refractivity contribution is 5.93. The summed E-state index contributed by atoms with van der Waals surface area (Å²) in [7, 11) is 0. The molecule has 0 atom stereocenters. The fraction of sp³-hybridized carbons (Fsp3) is 0.353. The minimum Gasteiger partial charge on any atom is -0.493 e. The summed E-state index contributed by atoms with van der Waals surface area (Å²) >= 11 is 0. The van der Waals surface area contributed by atoms with E-state index >= 15 is 0 Å². The number of carboxylic acids is 1. The maximum Gasteiger partial charge on any atom is 0.305 e. The van der Waals surface area contributed by atoms with Crippen molar-refractivity contribution >= 4 is 11.9 Å². The van der Waals surface area contributed by atoms with Gasteiger partial charge in [0.1, 0.15) is 0 Å². The summed E-state index contributed by atoms with van der Waals surface area (Å²) in [6, 6.07) is 6.97. The van der Waals surface area contributed by atoms with Crippen molar-refractivity contribution in [1.29, 1.82) is 0 Å². The average molecular weight is 331 g/mol. The number of benzene rings is 1. The van der Waals surface area contributed by atoms with Gasteiger partial charge in [-0.1, -0.05) is 12.1 Å². The zero-order valence-corrected chi connectivity index (χ0v) is 14.1. The van der Waals surface area contributed by atoms with Crippen LogP contribution >= 0.6 is 0 Å². The van der Waals surface area contributed by atoms with Crippen molar-refractivity contribution in [1.82, 2.24) is 15.1 Å². The van der Waals surface area contributed by atoms with Crippen LogP contribution in [0.5, 0.6) is 5.88 Å².